The van der Waals surface area contributed by atoms with Gasteiger partial charge >= 0.3 is 0 Å². The lowest BCUT2D eigenvalue weighted by Crippen LogP contribution is -2.43. The van der Waals surface area contributed by atoms with Crippen LogP contribution in [0.2, 0.25) is 0 Å². The molecule has 1 aliphatic rings. The summed E-state index contributed by atoms with van der Waals surface area (Å²) < 4.78 is 27.6. The van der Waals surface area contributed by atoms with Gasteiger partial charge in [0.25, 0.3) is 0 Å². The zero-order valence-electron chi connectivity index (χ0n) is 12.5. The molecule has 1 unspecified atom stereocenters. The molecule has 0 aromatic heterocycles. The molecular weight excluding hydrogens is 272 g/mol. The van der Waals surface area contributed by atoms with E-state index in [1.807, 2.05) is 19.9 Å². The summed E-state index contributed by atoms with van der Waals surface area (Å²) in [5.41, 5.74) is 8.08. The monoisotopic (exact) mass is 296 g/mol. The summed E-state index contributed by atoms with van der Waals surface area (Å²) in [5.74, 6) is 0. The van der Waals surface area contributed by atoms with E-state index >= 15 is 0 Å². The van der Waals surface area contributed by atoms with Gasteiger partial charge in [-0.2, -0.15) is 4.31 Å². The molecule has 4 nitrogen and oxygen atoms in total. The van der Waals surface area contributed by atoms with Gasteiger partial charge in [-0.25, -0.2) is 8.42 Å². The van der Waals surface area contributed by atoms with Gasteiger partial charge in [-0.3, -0.25) is 0 Å². The molecule has 1 heterocycles. The number of sulfonamides is 1. The highest BCUT2D eigenvalue weighted by Crippen LogP contribution is 2.30. The molecule has 0 aliphatic carbocycles. The quantitative estimate of drug-likeness (QED) is 0.872. The van der Waals surface area contributed by atoms with E-state index in [1.54, 1.807) is 10.4 Å². The number of piperidine rings is 1. The molecule has 1 saturated heterocycles. The van der Waals surface area contributed by atoms with Crippen molar-refractivity contribution >= 4 is 15.7 Å². The Morgan fingerprint density at radius 3 is 2.65 bits per heavy atom. The van der Waals surface area contributed by atoms with Gasteiger partial charge < -0.3 is 5.73 Å². The van der Waals surface area contributed by atoms with Crippen molar-refractivity contribution in [3.8, 4) is 0 Å². The molecule has 1 aromatic carbocycles. The van der Waals surface area contributed by atoms with Crippen molar-refractivity contribution in [1.29, 1.82) is 0 Å². The molecule has 0 radical (unpaired) electrons. The van der Waals surface area contributed by atoms with Gasteiger partial charge in [0.05, 0.1) is 4.90 Å². The molecule has 0 amide bonds. The highest BCUT2D eigenvalue weighted by Gasteiger charge is 2.33. The van der Waals surface area contributed by atoms with Crippen LogP contribution in [0.1, 0.15) is 43.7 Å². The fourth-order valence-electron chi connectivity index (χ4n) is 2.95. The van der Waals surface area contributed by atoms with Gasteiger partial charge in [0.1, 0.15) is 0 Å². The molecule has 20 heavy (non-hydrogen) atoms. The van der Waals surface area contributed by atoms with Crippen LogP contribution in [0, 0.1) is 13.8 Å². The number of hydrogen-bond acceptors (Lipinski definition) is 3. The van der Waals surface area contributed by atoms with Gasteiger partial charge in [-0.05, 0) is 56.4 Å². The second-order valence-electron chi connectivity index (χ2n) is 5.63. The molecule has 1 fully saturated rings. The fraction of sp³-hybridized carbons (Fsp3) is 0.600. The molecule has 2 rings (SSSR count). The van der Waals surface area contributed by atoms with Gasteiger partial charge in [0.2, 0.25) is 10.0 Å². The van der Waals surface area contributed by atoms with E-state index in [-0.39, 0.29) is 6.04 Å². The third-order valence-corrected chi connectivity index (χ3v) is 6.35. The molecule has 1 atom stereocenters. The number of nitrogens with zero attached hydrogens (tertiary/aromatic N) is 1. The number of aryl methyl sites for hydroxylation is 1. The number of nitrogen functional groups attached to an aromatic ring is 1. The Hall–Kier alpha value is -1.07. The van der Waals surface area contributed by atoms with E-state index in [0.29, 0.717) is 17.1 Å². The van der Waals surface area contributed by atoms with Crippen LogP contribution in [-0.2, 0) is 10.0 Å². The smallest absolute Gasteiger partial charge is 0.243 e. The van der Waals surface area contributed by atoms with E-state index in [9.17, 15) is 8.42 Å². The van der Waals surface area contributed by atoms with Gasteiger partial charge in [0.15, 0.2) is 0 Å². The van der Waals surface area contributed by atoms with E-state index in [1.165, 1.54) is 0 Å². The highest BCUT2D eigenvalue weighted by molar-refractivity contribution is 7.89. The molecular formula is C15H24N2O2S. The van der Waals surface area contributed by atoms with Crippen molar-refractivity contribution in [2.75, 3.05) is 12.3 Å². The predicted octanol–water partition coefficient (Wildman–Crippen LogP) is 2.84. The van der Waals surface area contributed by atoms with Gasteiger partial charge in [-0.1, -0.05) is 13.3 Å². The van der Waals surface area contributed by atoms with Crippen molar-refractivity contribution < 1.29 is 8.42 Å². The number of anilines is 1. The summed E-state index contributed by atoms with van der Waals surface area (Å²) in [5, 5.41) is 0. The number of nitrogens with two attached hydrogens (primary N) is 1. The fourth-order valence-corrected chi connectivity index (χ4v) is 5.05. The van der Waals surface area contributed by atoms with Crippen LogP contribution in [0.5, 0.6) is 0 Å². The largest absolute Gasteiger partial charge is 0.399 e. The van der Waals surface area contributed by atoms with Crippen LogP contribution in [0.4, 0.5) is 5.69 Å². The Morgan fingerprint density at radius 1 is 1.30 bits per heavy atom. The van der Waals surface area contributed by atoms with Crippen LogP contribution in [0.3, 0.4) is 0 Å². The minimum absolute atomic E-state index is 0.120. The topological polar surface area (TPSA) is 63.4 Å². The Morgan fingerprint density at radius 2 is 2.00 bits per heavy atom. The van der Waals surface area contributed by atoms with Crippen molar-refractivity contribution in [3.63, 3.8) is 0 Å². The standard InChI is InChI=1S/C15H24N2O2S/c1-4-14-7-5-6-8-17(14)20(18,19)15-10-13(16)9-11(2)12(15)3/h9-10,14H,4-8,16H2,1-3H3. The van der Waals surface area contributed by atoms with Crippen molar-refractivity contribution in [2.24, 2.45) is 0 Å². The summed E-state index contributed by atoms with van der Waals surface area (Å²) in [6, 6.07) is 3.54. The number of benzene rings is 1. The van der Waals surface area contributed by atoms with Crippen molar-refractivity contribution in [3.05, 3.63) is 23.3 Å². The molecule has 0 spiro atoms. The van der Waals surface area contributed by atoms with Crippen LogP contribution >= 0.6 is 0 Å². The third kappa shape index (κ3) is 2.69. The lowest BCUT2D eigenvalue weighted by atomic mass is 10.0. The average molecular weight is 296 g/mol. The summed E-state index contributed by atoms with van der Waals surface area (Å²) in [6.07, 6.45) is 3.87. The highest BCUT2D eigenvalue weighted by atomic mass is 32.2. The summed E-state index contributed by atoms with van der Waals surface area (Å²) in [4.78, 5) is 0.371. The first kappa shape index (κ1) is 15.3. The molecule has 5 heteroatoms. The second kappa shape index (κ2) is 5.74. The number of rotatable bonds is 3. The maximum atomic E-state index is 13.0. The lowest BCUT2D eigenvalue weighted by Gasteiger charge is -2.34. The van der Waals surface area contributed by atoms with Crippen molar-refractivity contribution in [1.82, 2.24) is 4.31 Å². The maximum Gasteiger partial charge on any atom is 0.243 e. The third-order valence-electron chi connectivity index (χ3n) is 4.27. The lowest BCUT2D eigenvalue weighted by molar-refractivity contribution is 0.246. The van der Waals surface area contributed by atoms with E-state index < -0.39 is 10.0 Å². The summed E-state index contributed by atoms with van der Waals surface area (Å²) in [6.45, 7) is 6.43. The van der Waals surface area contributed by atoms with E-state index in [0.717, 1.165) is 36.8 Å². The predicted molar refractivity (Wildman–Crippen MR) is 82.2 cm³/mol. The van der Waals surface area contributed by atoms with Crippen molar-refractivity contribution in [2.45, 2.75) is 57.4 Å². The Bertz CT molecular complexity index is 596. The molecule has 0 bridgehead atoms. The first-order valence-electron chi connectivity index (χ1n) is 7.26. The van der Waals surface area contributed by atoms with Crippen LogP contribution in [0.25, 0.3) is 0 Å². The van der Waals surface area contributed by atoms with Crippen LogP contribution < -0.4 is 5.73 Å². The van der Waals surface area contributed by atoms with Crippen LogP contribution in [-0.4, -0.2) is 25.3 Å². The zero-order valence-corrected chi connectivity index (χ0v) is 13.3. The molecule has 0 saturated carbocycles. The Kier molecular flexibility index (Phi) is 4.39. The SMILES string of the molecule is CCC1CCCCN1S(=O)(=O)c1cc(N)cc(C)c1C. The van der Waals surface area contributed by atoms with Gasteiger partial charge in [-0.15, -0.1) is 0 Å². The zero-order chi connectivity index (χ0) is 14.9. The molecule has 2 N–H and O–H groups in total. The second-order valence-corrected chi connectivity index (χ2v) is 7.49. The van der Waals surface area contributed by atoms with Crippen LogP contribution in [0.15, 0.2) is 17.0 Å². The van der Waals surface area contributed by atoms with Gasteiger partial charge in [0, 0.05) is 18.3 Å². The minimum atomic E-state index is -3.45. The first-order chi connectivity index (χ1) is 9.37. The molecule has 112 valence electrons. The summed E-state index contributed by atoms with van der Waals surface area (Å²) >= 11 is 0. The van der Waals surface area contributed by atoms with E-state index in [4.69, 9.17) is 5.73 Å². The normalized spacial score (nSPS) is 21.1. The van der Waals surface area contributed by atoms with E-state index in [2.05, 4.69) is 6.92 Å². The molecule has 1 aliphatic heterocycles. The molecule has 1 aromatic rings. The first-order valence-corrected chi connectivity index (χ1v) is 8.70. The Labute approximate surface area is 122 Å². The maximum absolute atomic E-state index is 13.0. The number of hydrogen-bond donors (Lipinski definition) is 1. The Balaban J connectivity index is 2.49. The summed E-state index contributed by atoms with van der Waals surface area (Å²) in [7, 11) is -3.45. The average Bonchev–Trinajstić information content (AvgIpc) is 2.42. The minimum Gasteiger partial charge on any atom is -0.399 e.